The second-order valence-electron chi connectivity index (χ2n) is 4.91. The molecule has 1 aliphatic heterocycles. The zero-order valence-electron chi connectivity index (χ0n) is 10.0. The highest BCUT2D eigenvalue weighted by Crippen LogP contribution is 2.27. The van der Waals surface area contributed by atoms with E-state index in [1.807, 2.05) is 0 Å². The molecule has 98 valence electrons. The lowest BCUT2D eigenvalue weighted by atomic mass is 9.89. The maximum absolute atomic E-state index is 11.3. The van der Waals surface area contributed by atoms with Gasteiger partial charge in [-0.15, -0.1) is 0 Å². The van der Waals surface area contributed by atoms with E-state index in [9.17, 15) is 18.3 Å². The predicted octanol–water partition coefficient (Wildman–Crippen LogP) is 0.981. The van der Waals surface area contributed by atoms with Crippen molar-refractivity contribution in [3.8, 4) is 0 Å². The van der Waals surface area contributed by atoms with Crippen molar-refractivity contribution in [2.75, 3.05) is 11.5 Å². The number of aldehydes is 1. The molecule has 5 heteroatoms. The van der Waals surface area contributed by atoms with Crippen molar-refractivity contribution in [2.24, 2.45) is 0 Å². The Kier molecular flexibility index (Phi) is 3.54. The zero-order valence-corrected chi connectivity index (χ0v) is 10.8. The van der Waals surface area contributed by atoms with Gasteiger partial charge in [-0.3, -0.25) is 4.79 Å². The van der Waals surface area contributed by atoms with Crippen LogP contribution in [0.4, 0.5) is 0 Å². The van der Waals surface area contributed by atoms with Crippen LogP contribution >= 0.6 is 0 Å². The molecule has 0 unspecified atom stereocenters. The Labute approximate surface area is 107 Å². The van der Waals surface area contributed by atoms with Crippen molar-refractivity contribution in [3.63, 3.8) is 0 Å². The summed E-state index contributed by atoms with van der Waals surface area (Å²) < 4.78 is 22.6. The number of rotatable bonds is 3. The molecule has 1 N–H and O–H groups in total. The van der Waals surface area contributed by atoms with E-state index >= 15 is 0 Å². The summed E-state index contributed by atoms with van der Waals surface area (Å²) in [6, 6.07) is 6.99. The smallest absolute Gasteiger partial charge is 0.150 e. The maximum Gasteiger partial charge on any atom is 0.150 e. The third-order valence-corrected chi connectivity index (χ3v) is 5.06. The van der Waals surface area contributed by atoms with Crippen LogP contribution in [0, 0.1) is 0 Å². The van der Waals surface area contributed by atoms with Crippen LogP contribution in [0.2, 0.25) is 0 Å². The molecule has 0 atom stereocenters. The minimum atomic E-state index is -2.96. The summed E-state index contributed by atoms with van der Waals surface area (Å²) in [4.78, 5) is 10.5. The van der Waals surface area contributed by atoms with Gasteiger partial charge in [-0.25, -0.2) is 8.42 Å². The summed E-state index contributed by atoms with van der Waals surface area (Å²) in [5.74, 6) is 0.103. The van der Waals surface area contributed by atoms with Gasteiger partial charge in [0.25, 0.3) is 0 Å². The van der Waals surface area contributed by atoms with Gasteiger partial charge in [-0.2, -0.15) is 0 Å². The number of carbonyl (C=O) groups excluding carboxylic acids is 1. The van der Waals surface area contributed by atoms with Crippen LogP contribution in [0.3, 0.4) is 0 Å². The molecule has 0 radical (unpaired) electrons. The first-order chi connectivity index (χ1) is 8.42. The number of sulfone groups is 1. The summed E-state index contributed by atoms with van der Waals surface area (Å²) >= 11 is 0. The van der Waals surface area contributed by atoms with Gasteiger partial charge in [0.15, 0.2) is 9.84 Å². The first-order valence-corrected chi connectivity index (χ1v) is 7.72. The molecule has 0 bridgehead atoms. The van der Waals surface area contributed by atoms with Gasteiger partial charge in [-0.05, 0) is 18.4 Å². The largest absolute Gasteiger partial charge is 0.389 e. The Morgan fingerprint density at radius 2 is 1.72 bits per heavy atom. The quantitative estimate of drug-likeness (QED) is 0.830. The summed E-state index contributed by atoms with van der Waals surface area (Å²) in [5, 5.41) is 10.3. The molecule has 0 saturated carbocycles. The number of benzene rings is 1. The molecule has 0 aliphatic carbocycles. The highest BCUT2D eigenvalue weighted by molar-refractivity contribution is 7.91. The van der Waals surface area contributed by atoms with Crippen LogP contribution in [0.5, 0.6) is 0 Å². The summed E-state index contributed by atoms with van der Waals surface area (Å²) in [7, 11) is -2.96. The molecule has 2 rings (SSSR count). The van der Waals surface area contributed by atoms with Crippen molar-refractivity contribution >= 4 is 16.1 Å². The van der Waals surface area contributed by atoms with Crippen LogP contribution in [0.25, 0.3) is 0 Å². The summed E-state index contributed by atoms with van der Waals surface area (Å²) in [6.45, 7) is 0. The monoisotopic (exact) mass is 268 g/mol. The fourth-order valence-electron chi connectivity index (χ4n) is 2.19. The van der Waals surface area contributed by atoms with E-state index in [4.69, 9.17) is 0 Å². The first kappa shape index (κ1) is 13.2. The number of hydrogen-bond acceptors (Lipinski definition) is 4. The molecule has 1 aromatic rings. The van der Waals surface area contributed by atoms with Crippen molar-refractivity contribution in [1.82, 2.24) is 0 Å². The van der Waals surface area contributed by atoms with Gasteiger partial charge in [0, 0.05) is 12.0 Å². The van der Waals surface area contributed by atoms with Crippen LogP contribution in [-0.4, -0.2) is 36.9 Å². The topological polar surface area (TPSA) is 71.4 Å². The van der Waals surface area contributed by atoms with Crippen LogP contribution < -0.4 is 0 Å². The minimum Gasteiger partial charge on any atom is -0.389 e. The molecular weight excluding hydrogens is 252 g/mol. The van der Waals surface area contributed by atoms with Crippen LogP contribution in [0.1, 0.15) is 28.8 Å². The Balaban J connectivity index is 2.06. The molecule has 0 amide bonds. The zero-order chi connectivity index (χ0) is 13.2. The average Bonchev–Trinajstić information content (AvgIpc) is 2.35. The molecule has 1 aliphatic rings. The van der Waals surface area contributed by atoms with Crippen LogP contribution in [-0.2, 0) is 16.3 Å². The van der Waals surface area contributed by atoms with Crippen molar-refractivity contribution in [1.29, 1.82) is 0 Å². The lowest BCUT2D eigenvalue weighted by molar-refractivity contribution is 0.0306. The highest BCUT2D eigenvalue weighted by atomic mass is 32.2. The Morgan fingerprint density at radius 3 is 2.22 bits per heavy atom. The minimum absolute atomic E-state index is 0.0515. The fraction of sp³-hybridized carbons (Fsp3) is 0.462. The molecular formula is C13H16O4S. The van der Waals surface area contributed by atoms with Gasteiger partial charge in [0.1, 0.15) is 6.29 Å². The Bertz CT molecular complexity index is 517. The maximum atomic E-state index is 11.3. The summed E-state index contributed by atoms with van der Waals surface area (Å²) in [5.41, 5.74) is 0.577. The lowest BCUT2D eigenvalue weighted by Crippen LogP contribution is -2.40. The molecule has 18 heavy (non-hydrogen) atoms. The normalized spacial score (nSPS) is 21.4. The Hall–Kier alpha value is -1.20. The number of hydrogen-bond donors (Lipinski definition) is 1. The van der Waals surface area contributed by atoms with E-state index in [0.29, 0.717) is 12.0 Å². The van der Waals surface area contributed by atoms with E-state index in [-0.39, 0.29) is 24.3 Å². The fourth-order valence-corrected chi connectivity index (χ4v) is 3.77. The molecule has 1 fully saturated rings. The van der Waals surface area contributed by atoms with Gasteiger partial charge >= 0.3 is 0 Å². The van der Waals surface area contributed by atoms with Gasteiger partial charge in [0.2, 0.25) is 0 Å². The Morgan fingerprint density at radius 1 is 1.17 bits per heavy atom. The second-order valence-corrected chi connectivity index (χ2v) is 7.22. The molecule has 1 heterocycles. The number of aliphatic hydroxyl groups is 1. The third-order valence-electron chi connectivity index (χ3n) is 3.41. The van der Waals surface area contributed by atoms with E-state index in [1.165, 1.54) is 0 Å². The highest BCUT2D eigenvalue weighted by Gasteiger charge is 2.35. The lowest BCUT2D eigenvalue weighted by Gasteiger charge is -2.32. The first-order valence-electron chi connectivity index (χ1n) is 5.89. The van der Waals surface area contributed by atoms with Crippen molar-refractivity contribution < 1.29 is 18.3 Å². The van der Waals surface area contributed by atoms with E-state index in [1.54, 1.807) is 24.3 Å². The van der Waals surface area contributed by atoms with Gasteiger partial charge in [0.05, 0.1) is 17.1 Å². The van der Waals surface area contributed by atoms with Gasteiger partial charge < -0.3 is 5.11 Å². The third kappa shape index (κ3) is 3.17. The molecule has 1 saturated heterocycles. The molecule has 0 aromatic heterocycles. The van der Waals surface area contributed by atoms with Gasteiger partial charge in [-0.1, -0.05) is 24.3 Å². The SMILES string of the molecule is O=Cc1ccc(CC2(O)CCS(=O)(=O)CC2)cc1. The van der Waals surface area contributed by atoms with Crippen molar-refractivity contribution in [2.45, 2.75) is 24.9 Å². The number of carbonyl (C=O) groups is 1. The summed E-state index contributed by atoms with van der Waals surface area (Å²) in [6.07, 6.45) is 1.77. The molecule has 1 aromatic carbocycles. The van der Waals surface area contributed by atoms with Crippen LogP contribution in [0.15, 0.2) is 24.3 Å². The van der Waals surface area contributed by atoms with E-state index in [0.717, 1.165) is 11.8 Å². The van der Waals surface area contributed by atoms with E-state index in [2.05, 4.69) is 0 Å². The van der Waals surface area contributed by atoms with E-state index < -0.39 is 15.4 Å². The van der Waals surface area contributed by atoms with Crippen molar-refractivity contribution in [3.05, 3.63) is 35.4 Å². The predicted molar refractivity (Wildman–Crippen MR) is 68.4 cm³/mol. The average molecular weight is 268 g/mol. The molecule has 4 nitrogen and oxygen atoms in total. The standard InChI is InChI=1S/C13H16O4S/c14-10-12-3-1-11(2-4-12)9-13(15)5-7-18(16,17)8-6-13/h1-4,10,15H,5-9H2. The molecule has 0 spiro atoms. The second kappa shape index (κ2) is 4.82.